The Labute approximate surface area is 160 Å². The number of rotatable bonds is 6. The molecular formula is C20H20N4O2S. The number of methoxy groups -OCH3 is 1. The second-order valence-corrected chi connectivity index (χ2v) is 7.17. The fraction of sp³-hybridized carbons (Fsp3) is 0.250. The molecule has 4 rings (SSSR count). The van der Waals surface area contributed by atoms with Crippen LogP contribution in [0.15, 0.2) is 58.5 Å². The maximum Gasteiger partial charge on any atom is 0.261 e. The Morgan fingerprint density at radius 1 is 1.04 bits per heavy atom. The van der Waals surface area contributed by atoms with Gasteiger partial charge >= 0.3 is 0 Å². The molecule has 0 fully saturated rings. The van der Waals surface area contributed by atoms with Gasteiger partial charge < -0.3 is 9.30 Å². The van der Waals surface area contributed by atoms with Gasteiger partial charge in [-0.25, -0.2) is 9.97 Å². The van der Waals surface area contributed by atoms with E-state index < -0.39 is 0 Å². The topological polar surface area (TPSA) is 61.9 Å². The molecule has 2 aromatic carbocycles. The molecule has 0 N–H and O–H groups in total. The average molecular weight is 380 g/mol. The molecule has 0 radical (unpaired) electrons. The highest BCUT2D eigenvalue weighted by molar-refractivity contribution is 7.98. The fourth-order valence-electron chi connectivity index (χ4n) is 3.08. The summed E-state index contributed by atoms with van der Waals surface area (Å²) in [6.07, 6.45) is 0. The molecular weight excluding hydrogens is 360 g/mol. The number of nitrogens with zero attached hydrogens (tertiary/aromatic N) is 4. The number of thioether (sulfide) groups is 1. The Balaban J connectivity index is 1.68. The van der Waals surface area contributed by atoms with Gasteiger partial charge in [-0.3, -0.25) is 9.36 Å². The molecule has 0 bridgehead atoms. The van der Waals surface area contributed by atoms with Crippen LogP contribution in [0.1, 0.15) is 5.82 Å². The van der Waals surface area contributed by atoms with E-state index in [4.69, 9.17) is 9.72 Å². The van der Waals surface area contributed by atoms with Crippen molar-refractivity contribution in [3.8, 4) is 0 Å². The molecule has 0 amide bonds. The lowest BCUT2D eigenvalue weighted by Gasteiger charge is -2.10. The van der Waals surface area contributed by atoms with E-state index in [-0.39, 0.29) is 5.56 Å². The highest BCUT2D eigenvalue weighted by Gasteiger charge is 2.13. The summed E-state index contributed by atoms with van der Waals surface area (Å²) in [5, 5.41) is 1.54. The summed E-state index contributed by atoms with van der Waals surface area (Å²) in [5.41, 5.74) is 2.74. The SMILES string of the molecule is COCCn1c(SCc2nc3ccccc3c(=O)n2C)nc2ccccc21. The van der Waals surface area contributed by atoms with Crippen LogP contribution in [-0.2, 0) is 24.1 Å². The fourth-order valence-corrected chi connectivity index (χ4v) is 4.11. The van der Waals surface area contributed by atoms with Crippen molar-refractivity contribution in [2.45, 2.75) is 17.5 Å². The molecule has 2 aromatic heterocycles. The van der Waals surface area contributed by atoms with Crippen molar-refractivity contribution >= 4 is 33.7 Å². The summed E-state index contributed by atoms with van der Waals surface area (Å²) < 4.78 is 9.03. The van der Waals surface area contributed by atoms with Crippen molar-refractivity contribution in [2.75, 3.05) is 13.7 Å². The van der Waals surface area contributed by atoms with Crippen LogP contribution < -0.4 is 5.56 Å². The molecule has 0 atom stereocenters. The van der Waals surface area contributed by atoms with E-state index in [9.17, 15) is 4.79 Å². The van der Waals surface area contributed by atoms with Crippen LogP contribution in [0.5, 0.6) is 0 Å². The maximum absolute atomic E-state index is 12.6. The molecule has 0 saturated carbocycles. The lowest BCUT2D eigenvalue weighted by Crippen LogP contribution is -2.22. The lowest BCUT2D eigenvalue weighted by molar-refractivity contribution is 0.186. The summed E-state index contributed by atoms with van der Waals surface area (Å²) in [5.74, 6) is 1.29. The zero-order valence-electron chi connectivity index (χ0n) is 15.3. The first kappa shape index (κ1) is 17.8. The van der Waals surface area contributed by atoms with Crippen molar-refractivity contribution in [1.82, 2.24) is 19.1 Å². The summed E-state index contributed by atoms with van der Waals surface area (Å²) in [7, 11) is 3.46. The van der Waals surface area contributed by atoms with E-state index in [1.54, 1.807) is 30.5 Å². The lowest BCUT2D eigenvalue weighted by atomic mass is 10.2. The van der Waals surface area contributed by atoms with Gasteiger partial charge in [-0.15, -0.1) is 0 Å². The normalized spacial score (nSPS) is 11.5. The molecule has 0 saturated heterocycles. The number of hydrogen-bond donors (Lipinski definition) is 0. The van der Waals surface area contributed by atoms with Gasteiger partial charge in [0, 0.05) is 20.7 Å². The molecule has 2 heterocycles. The quantitative estimate of drug-likeness (QED) is 0.481. The Hall–Kier alpha value is -2.64. The van der Waals surface area contributed by atoms with Crippen LogP contribution in [0.3, 0.4) is 0 Å². The third-order valence-electron chi connectivity index (χ3n) is 4.54. The minimum Gasteiger partial charge on any atom is -0.383 e. The first-order valence-electron chi connectivity index (χ1n) is 8.70. The number of para-hydroxylation sites is 3. The number of fused-ring (bicyclic) bond motifs is 2. The van der Waals surface area contributed by atoms with E-state index in [0.717, 1.165) is 34.1 Å². The Morgan fingerprint density at radius 3 is 2.59 bits per heavy atom. The smallest absolute Gasteiger partial charge is 0.261 e. The summed E-state index contributed by atoms with van der Waals surface area (Å²) in [6, 6.07) is 15.5. The van der Waals surface area contributed by atoms with Crippen molar-refractivity contribution in [3.63, 3.8) is 0 Å². The van der Waals surface area contributed by atoms with E-state index in [0.29, 0.717) is 17.7 Å². The summed E-state index contributed by atoms with van der Waals surface area (Å²) in [4.78, 5) is 22.0. The number of aromatic nitrogens is 4. The molecule has 6 nitrogen and oxygen atoms in total. The number of benzene rings is 2. The average Bonchev–Trinajstić information content (AvgIpc) is 3.05. The molecule has 0 spiro atoms. The van der Waals surface area contributed by atoms with E-state index >= 15 is 0 Å². The number of hydrogen-bond acceptors (Lipinski definition) is 5. The standard InChI is InChI=1S/C20H20N4O2S/c1-23-18(21-15-8-4-3-7-14(15)19(23)25)13-27-20-22-16-9-5-6-10-17(16)24(20)11-12-26-2/h3-10H,11-13H2,1-2H3. The molecule has 4 aromatic rings. The third-order valence-corrected chi connectivity index (χ3v) is 5.52. The van der Waals surface area contributed by atoms with Gasteiger partial charge in [-0.05, 0) is 24.3 Å². The van der Waals surface area contributed by atoms with Crippen molar-refractivity contribution in [1.29, 1.82) is 0 Å². The minimum absolute atomic E-state index is 0.0240. The van der Waals surface area contributed by atoms with Crippen LogP contribution in [0.4, 0.5) is 0 Å². The molecule has 27 heavy (non-hydrogen) atoms. The van der Waals surface area contributed by atoms with Crippen LogP contribution >= 0.6 is 11.8 Å². The highest BCUT2D eigenvalue weighted by Crippen LogP contribution is 2.26. The van der Waals surface area contributed by atoms with Gasteiger partial charge in [-0.1, -0.05) is 36.0 Å². The predicted molar refractivity (Wildman–Crippen MR) is 108 cm³/mol. The number of ether oxygens (including phenoxy) is 1. The summed E-state index contributed by atoms with van der Waals surface area (Å²) >= 11 is 1.58. The van der Waals surface area contributed by atoms with Gasteiger partial charge in [0.25, 0.3) is 5.56 Å². The van der Waals surface area contributed by atoms with Gasteiger partial charge in [0.15, 0.2) is 5.16 Å². The largest absolute Gasteiger partial charge is 0.383 e. The van der Waals surface area contributed by atoms with Gasteiger partial charge in [0.2, 0.25) is 0 Å². The predicted octanol–water partition coefficient (Wildman–Crippen LogP) is 3.22. The Bertz CT molecular complexity index is 1170. The molecule has 0 aliphatic rings. The van der Waals surface area contributed by atoms with Crippen molar-refractivity contribution in [3.05, 3.63) is 64.7 Å². The van der Waals surface area contributed by atoms with E-state index in [1.807, 2.05) is 42.5 Å². The maximum atomic E-state index is 12.6. The molecule has 0 aliphatic carbocycles. The Morgan fingerprint density at radius 2 is 1.78 bits per heavy atom. The third kappa shape index (κ3) is 3.36. The van der Waals surface area contributed by atoms with Crippen LogP contribution in [-0.4, -0.2) is 32.8 Å². The second kappa shape index (κ2) is 7.54. The number of imidazole rings is 1. The van der Waals surface area contributed by atoms with Crippen molar-refractivity contribution < 1.29 is 4.74 Å². The summed E-state index contributed by atoms with van der Waals surface area (Å²) in [6.45, 7) is 1.34. The van der Waals surface area contributed by atoms with Crippen LogP contribution in [0.2, 0.25) is 0 Å². The first-order chi connectivity index (χ1) is 13.2. The Kier molecular flexibility index (Phi) is 4.96. The van der Waals surface area contributed by atoms with Crippen LogP contribution in [0.25, 0.3) is 21.9 Å². The van der Waals surface area contributed by atoms with Crippen LogP contribution in [0, 0.1) is 0 Å². The monoisotopic (exact) mass is 380 g/mol. The van der Waals surface area contributed by atoms with Gasteiger partial charge in [0.05, 0.1) is 34.3 Å². The first-order valence-corrected chi connectivity index (χ1v) is 9.69. The molecule has 7 heteroatoms. The molecule has 0 aliphatic heterocycles. The molecule has 138 valence electrons. The molecule has 0 unspecified atom stereocenters. The zero-order valence-corrected chi connectivity index (χ0v) is 16.1. The minimum atomic E-state index is -0.0240. The second-order valence-electron chi connectivity index (χ2n) is 6.23. The van der Waals surface area contributed by atoms with E-state index in [2.05, 4.69) is 15.6 Å². The zero-order chi connectivity index (χ0) is 18.8. The van der Waals surface area contributed by atoms with E-state index in [1.165, 1.54) is 0 Å². The van der Waals surface area contributed by atoms with Gasteiger partial charge in [0.1, 0.15) is 5.82 Å². The van der Waals surface area contributed by atoms with Gasteiger partial charge in [-0.2, -0.15) is 0 Å². The highest BCUT2D eigenvalue weighted by atomic mass is 32.2. The van der Waals surface area contributed by atoms with Crippen molar-refractivity contribution in [2.24, 2.45) is 7.05 Å².